The van der Waals surface area contributed by atoms with E-state index in [0.29, 0.717) is 35.3 Å². The molecule has 0 saturated heterocycles. The van der Waals surface area contributed by atoms with Gasteiger partial charge < -0.3 is 39.8 Å². The lowest BCUT2D eigenvalue weighted by molar-refractivity contribution is -0.172. The number of aromatic nitrogens is 2. The zero-order chi connectivity index (χ0) is 44.7. The molecule has 4 heterocycles. The Hall–Kier alpha value is -6.45. The number of ether oxygens (including phenoxy) is 3. The number of nitrogens with zero attached hydrogens (tertiary/aromatic N) is 2. The van der Waals surface area contributed by atoms with Crippen molar-refractivity contribution in [2.45, 2.75) is 90.6 Å². The molecule has 2 aromatic heterocycles. The number of nitrogens with one attached hydrogen (secondary N) is 3. The largest absolute Gasteiger partial charge is 0.458 e. The number of aryl methyl sites for hydroxylation is 2. The third kappa shape index (κ3) is 7.95. The fraction of sp³-hybridized carbons (Fsp3) is 0.375. The van der Waals surface area contributed by atoms with Crippen LogP contribution < -0.4 is 21.5 Å². The first-order valence-corrected chi connectivity index (χ1v) is 21.3. The van der Waals surface area contributed by atoms with Crippen molar-refractivity contribution in [1.82, 2.24) is 25.5 Å². The zero-order valence-corrected chi connectivity index (χ0v) is 35.8. The van der Waals surface area contributed by atoms with Crippen LogP contribution in [0, 0.1) is 18.7 Å². The Labute approximate surface area is 363 Å². The number of rotatable bonds is 14. The molecule has 3 atom stereocenters. The van der Waals surface area contributed by atoms with Gasteiger partial charge in [-0.2, -0.15) is 0 Å². The van der Waals surface area contributed by atoms with Crippen LogP contribution in [-0.2, 0) is 53.8 Å². The van der Waals surface area contributed by atoms with Crippen LogP contribution in [0.15, 0.2) is 71.5 Å². The summed E-state index contributed by atoms with van der Waals surface area (Å²) in [6, 6.07) is 18.8. The molecule has 15 heteroatoms. The third-order valence-electron chi connectivity index (χ3n) is 12.5. The highest BCUT2D eigenvalue weighted by Gasteiger charge is 2.45. The molecule has 0 radical (unpaired) electrons. The maximum absolute atomic E-state index is 14.9. The van der Waals surface area contributed by atoms with E-state index in [-0.39, 0.29) is 62.5 Å². The molecule has 3 aromatic carbocycles. The number of carbonyl (C=O) groups is 4. The van der Waals surface area contributed by atoms with Crippen LogP contribution in [-0.4, -0.2) is 70.6 Å². The van der Waals surface area contributed by atoms with Crippen LogP contribution in [0.25, 0.3) is 33.4 Å². The van der Waals surface area contributed by atoms with Crippen LogP contribution in [0.3, 0.4) is 0 Å². The molecular weight excluding hydrogens is 810 g/mol. The Bertz CT molecular complexity index is 2690. The highest BCUT2D eigenvalue weighted by atomic mass is 19.1. The lowest BCUT2D eigenvalue weighted by Gasteiger charge is -2.31. The molecule has 3 amide bonds. The molecule has 4 N–H and O–H groups in total. The molecule has 0 spiro atoms. The monoisotopic (exact) mass is 859 g/mol. The molecule has 5 aromatic rings. The SMILES string of the molecule is CC[C@@]1(O)C(=O)OCc2c1cc1n(c2=O)Cc2c-1nc1cc(F)c(C)cc1c2CCCOCNC(=O)[C@H](C)NC(=O)[C@@H](NC(=O)OCC1c2ccccc2-c2ccccc21)C(C)C. The first-order chi connectivity index (χ1) is 30.2. The van der Waals surface area contributed by atoms with Crippen molar-refractivity contribution in [3.8, 4) is 22.5 Å². The summed E-state index contributed by atoms with van der Waals surface area (Å²) >= 11 is 0. The molecule has 2 aliphatic heterocycles. The summed E-state index contributed by atoms with van der Waals surface area (Å²) in [5.74, 6) is -2.73. The maximum Gasteiger partial charge on any atom is 0.407 e. The summed E-state index contributed by atoms with van der Waals surface area (Å²) in [6.45, 7) is 8.51. The number of carbonyl (C=O) groups excluding carboxylic acids is 4. The first-order valence-electron chi connectivity index (χ1n) is 21.3. The average molecular weight is 860 g/mol. The van der Waals surface area contributed by atoms with Gasteiger partial charge in [0.15, 0.2) is 5.60 Å². The van der Waals surface area contributed by atoms with E-state index >= 15 is 0 Å². The molecule has 8 rings (SSSR count). The van der Waals surface area contributed by atoms with E-state index < -0.39 is 52.9 Å². The molecule has 0 bridgehead atoms. The molecule has 0 fully saturated rings. The van der Waals surface area contributed by atoms with E-state index in [1.165, 1.54) is 13.0 Å². The normalized spacial score (nSPS) is 16.9. The maximum atomic E-state index is 14.9. The van der Waals surface area contributed by atoms with E-state index in [0.717, 1.165) is 38.8 Å². The average Bonchev–Trinajstić information content (AvgIpc) is 3.80. The number of alkyl carbamates (subject to hydrolysis) is 1. The molecular formula is C48H50FN5O9. The number of fused-ring (bicyclic) bond motifs is 8. The highest BCUT2D eigenvalue weighted by Crippen LogP contribution is 2.45. The van der Waals surface area contributed by atoms with Gasteiger partial charge in [-0.1, -0.05) is 69.3 Å². The smallest absolute Gasteiger partial charge is 0.407 e. The fourth-order valence-electron chi connectivity index (χ4n) is 8.95. The quantitative estimate of drug-likeness (QED) is 0.0609. The van der Waals surface area contributed by atoms with Crippen LogP contribution in [0.1, 0.15) is 85.4 Å². The minimum atomic E-state index is -1.98. The number of hydrogen-bond acceptors (Lipinski definition) is 10. The van der Waals surface area contributed by atoms with E-state index in [1.54, 1.807) is 44.4 Å². The van der Waals surface area contributed by atoms with Crippen molar-refractivity contribution in [3.05, 3.63) is 122 Å². The fourth-order valence-corrected chi connectivity index (χ4v) is 8.95. The molecule has 63 heavy (non-hydrogen) atoms. The molecule has 0 unspecified atom stereocenters. The van der Waals surface area contributed by atoms with Gasteiger partial charge in [-0.25, -0.2) is 19.0 Å². The van der Waals surface area contributed by atoms with Gasteiger partial charge in [0.1, 0.15) is 37.8 Å². The van der Waals surface area contributed by atoms with E-state index in [1.807, 2.05) is 48.5 Å². The van der Waals surface area contributed by atoms with Gasteiger partial charge in [0.2, 0.25) is 11.8 Å². The van der Waals surface area contributed by atoms with Crippen molar-refractivity contribution in [3.63, 3.8) is 0 Å². The minimum absolute atomic E-state index is 0.00523. The number of pyridine rings is 2. The molecule has 328 valence electrons. The Kier molecular flexibility index (Phi) is 11.9. The van der Waals surface area contributed by atoms with Gasteiger partial charge >= 0.3 is 12.1 Å². The van der Waals surface area contributed by atoms with Gasteiger partial charge in [-0.3, -0.25) is 14.4 Å². The van der Waals surface area contributed by atoms with Crippen molar-refractivity contribution in [2.24, 2.45) is 5.92 Å². The van der Waals surface area contributed by atoms with Gasteiger partial charge in [0.05, 0.1) is 29.0 Å². The Morgan fingerprint density at radius 3 is 2.37 bits per heavy atom. The lowest BCUT2D eigenvalue weighted by atomic mass is 9.86. The summed E-state index contributed by atoms with van der Waals surface area (Å²) in [5, 5.41) is 20.0. The second kappa shape index (κ2) is 17.4. The standard InChI is InChI=1S/C48H50FN5O9/c1-6-48(60)37-19-40-42-34(21-54(40)45(57)36(37)23-62-46(48)58)32(33-18-26(4)38(49)20-39(33)52-42)16-11-17-61-24-50-43(55)27(5)51-44(56)41(25(2)3)53-47(59)63-22-35-30-14-9-7-12-28(30)29-13-8-10-15-31(29)35/h7-10,12-15,18-20,25,27,35,41,60H,6,11,16-17,21-24H2,1-5H3,(H,50,55)(H,51,56)(H,53,59)/t27-,41-,48-/m0/s1. The van der Waals surface area contributed by atoms with E-state index in [9.17, 15) is 33.5 Å². The van der Waals surface area contributed by atoms with Crippen LogP contribution in [0.4, 0.5) is 9.18 Å². The third-order valence-corrected chi connectivity index (χ3v) is 12.5. The first kappa shape index (κ1) is 43.2. The summed E-state index contributed by atoms with van der Waals surface area (Å²) in [5.41, 5.74) is 5.71. The van der Waals surface area contributed by atoms with Gasteiger partial charge in [0.25, 0.3) is 5.56 Å². The minimum Gasteiger partial charge on any atom is -0.458 e. The van der Waals surface area contributed by atoms with Gasteiger partial charge in [-0.15, -0.1) is 0 Å². The number of benzene rings is 3. The highest BCUT2D eigenvalue weighted by molar-refractivity contribution is 5.92. The van der Waals surface area contributed by atoms with E-state index in [4.69, 9.17) is 19.2 Å². The van der Waals surface area contributed by atoms with Crippen LogP contribution >= 0.6 is 0 Å². The number of aliphatic hydroxyl groups is 1. The number of hydrogen-bond donors (Lipinski definition) is 4. The number of halogens is 1. The second-order valence-electron chi connectivity index (χ2n) is 16.8. The summed E-state index contributed by atoms with van der Waals surface area (Å²) in [6.07, 6.45) is 0.216. The van der Waals surface area contributed by atoms with Crippen molar-refractivity contribution >= 4 is 34.8 Å². The number of amides is 3. The topological polar surface area (TPSA) is 187 Å². The van der Waals surface area contributed by atoms with Crippen LogP contribution in [0.2, 0.25) is 0 Å². The van der Waals surface area contributed by atoms with Gasteiger partial charge in [0, 0.05) is 35.1 Å². The predicted octanol–water partition coefficient (Wildman–Crippen LogP) is 5.62. The zero-order valence-electron chi connectivity index (χ0n) is 35.8. The predicted molar refractivity (Wildman–Crippen MR) is 231 cm³/mol. The molecule has 1 aliphatic carbocycles. The van der Waals surface area contributed by atoms with E-state index in [2.05, 4.69) is 16.0 Å². The summed E-state index contributed by atoms with van der Waals surface area (Å²) in [7, 11) is 0. The molecule has 3 aliphatic rings. The summed E-state index contributed by atoms with van der Waals surface area (Å²) < 4.78 is 33.1. The molecule has 0 saturated carbocycles. The van der Waals surface area contributed by atoms with Crippen molar-refractivity contribution < 1.29 is 42.9 Å². The number of esters is 1. The van der Waals surface area contributed by atoms with Crippen molar-refractivity contribution in [1.29, 1.82) is 0 Å². The van der Waals surface area contributed by atoms with Crippen molar-refractivity contribution in [2.75, 3.05) is 19.9 Å². The Balaban J connectivity index is 0.857. The Morgan fingerprint density at radius 1 is 0.984 bits per heavy atom. The molecule has 14 nitrogen and oxygen atoms in total. The van der Waals surface area contributed by atoms with Crippen LogP contribution in [0.5, 0.6) is 0 Å². The summed E-state index contributed by atoms with van der Waals surface area (Å²) in [4.78, 5) is 70.6. The van der Waals surface area contributed by atoms with Gasteiger partial charge in [-0.05, 0) is 84.5 Å². The number of cyclic esters (lactones) is 1. The second-order valence-corrected chi connectivity index (χ2v) is 16.8. The Morgan fingerprint density at radius 2 is 1.68 bits per heavy atom. The lowest BCUT2D eigenvalue weighted by Crippen LogP contribution is -2.54.